The molecule has 0 saturated carbocycles. The molecule has 0 aliphatic carbocycles. The Morgan fingerprint density at radius 2 is 1.63 bits per heavy atom. The van der Waals surface area contributed by atoms with Gasteiger partial charge in [-0.3, -0.25) is 14.4 Å². The molecule has 2 N–H and O–H groups in total. The fraction of sp³-hybridized carbons (Fsp3) is 0. The molecule has 0 radical (unpaired) electrons. The van der Waals surface area contributed by atoms with Crippen LogP contribution in [-0.4, -0.2) is 10.8 Å². The molecule has 1 atom stereocenters. The summed E-state index contributed by atoms with van der Waals surface area (Å²) >= 11 is 3.26. The summed E-state index contributed by atoms with van der Waals surface area (Å²) < 4.78 is 12.9. The minimum absolute atomic E-state index is 0.195. The minimum atomic E-state index is -3.89. The van der Waals surface area contributed by atoms with Gasteiger partial charge in [0.25, 0.3) is 5.91 Å². The van der Waals surface area contributed by atoms with Gasteiger partial charge < -0.3 is 4.89 Å². The maximum atomic E-state index is 12.1. The molecule has 2 aromatic rings. The van der Waals surface area contributed by atoms with Crippen LogP contribution in [0.15, 0.2) is 59.1 Å². The average Bonchev–Trinajstić information content (AvgIpc) is 2.40. The van der Waals surface area contributed by atoms with E-state index in [1.54, 1.807) is 42.5 Å². The predicted molar refractivity (Wildman–Crippen MR) is 77.5 cm³/mol. The van der Waals surface area contributed by atoms with Gasteiger partial charge in [-0.2, -0.15) is 0 Å². The fourth-order valence-corrected chi connectivity index (χ4v) is 2.87. The molecule has 0 heterocycles. The highest BCUT2D eigenvalue weighted by Crippen LogP contribution is 2.34. The highest BCUT2D eigenvalue weighted by Gasteiger charge is 2.24. The number of hydrogen-bond donors (Lipinski definition) is 2. The zero-order chi connectivity index (χ0) is 13.9. The van der Waals surface area contributed by atoms with Crippen LogP contribution in [-0.2, 0) is 4.57 Å². The topological polar surface area (TPSA) is 66.4 Å². The third-order valence-electron chi connectivity index (χ3n) is 2.47. The molecule has 98 valence electrons. The standard InChI is InChI=1S/C13H11BrNO3P/c14-11-8-6-10(7-9-11)13(16)15-19(17,18)12-4-2-1-3-5-12/h1-9H,(H2,15,16,17,18). The van der Waals surface area contributed by atoms with Gasteiger partial charge in [-0.15, -0.1) is 0 Å². The van der Waals surface area contributed by atoms with Crippen molar-refractivity contribution in [2.45, 2.75) is 0 Å². The molecular weight excluding hydrogens is 329 g/mol. The van der Waals surface area contributed by atoms with Crippen molar-refractivity contribution in [1.82, 2.24) is 5.09 Å². The Morgan fingerprint density at radius 1 is 1.05 bits per heavy atom. The van der Waals surface area contributed by atoms with E-state index < -0.39 is 13.4 Å². The molecular formula is C13H11BrNO3P. The number of carbonyl (C=O) groups is 1. The van der Waals surface area contributed by atoms with Crippen LogP contribution in [0.5, 0.6) is 0 Å². The Morgan fingerprint density at radius 3 is 2.21 bits per heavy atom. The Balaban J connectivity index is 2.19. The monoisotopic (exact) mass is 339 g/mol. The van der Waals surface area contributed by atoms with Crippen molar-refractivity contribution in [3.63, 3.8) is 0 Å². The van der Waals surface area contributed by atoms with E-state index in [0.717, 1.165) is 4.47 Å². The van der Waals surface area contributed by atoms with Gasteiger partial charge in [0.05, 0.1) is 5.30 Å². The van der Waals surface area contributed by atoms with Crippen molar-refractivity contribution >= 4 is 34.7 Å². The van der Waals surface area contributed by atoms with Crippen molar-refractivity contribution in [3.05, 3.63) is 64.6 Å². The summed E-state index contributed by atoms with van der Waals surface area (Å²) in [6, 6.07) is 14.6. The van der Waals surface area contributed by atoms with Crippen LogP contribution in [0, 0.1) is 0 Å². The van der Waals surface area contributed by atoms with Gasteiger partial charge in [0.2, 0.25) is 0 Å². The van der Waals surface area contributed by atoms with Crippen molar-refractivity contribution in [2.75, 3.05) is 0 Å². The number of benzene rings is 2. The number of carbonyl (C=O) groups excluding carboxylic acids is 1. The highest BCUT2D eigenvalue weighted by atomic mass is 79.9. The molecule has 0 fully saturated rings. The molecule has 2 aromatic carbocycles. The second kappa shape index (κ2) is 5.70. The molecule has 0 aromatic heterocycles. The molecule has 6 heteroatoms. The smallest absolute Gasteiger partial charge is 0.323 e. The lowest BCUT2D eigenvalue weighted by Crippen LogP contribution is -2.25. The number of amides is 1. The van der Waals surface area contributed by atoms with E-state index in [0.29, 0.717) is 5.56 Å². The number of rotatable bonds is 3. The van der Waals surface area contributed by atoms with Gasteiger partial charge in [-0.25, -0.2) is 0 Å². The second-order valence-corrected chi connectivity index (χ2v) is 6.67. The minimum Gasteiger partial charge on any atom is -0.326 e. The first-order valence-electron chi connectivity index (χ1n) is 5.45. The summed E-state index contributed by atoms with van der Waals surface area (Å²) in [5.74, 6) is -0.581. The molecule has 0 spiro atoms. The third-order valence-corrected chi connectivity index (χ3v) is 4.50. The SMILES string of the molecule is O=C(NP(=O)(O)c1ccccc1)c1ccc(Br)cc1. The van der Waals surface area contributed by atoms with Crippen LogP contribution in [0.2, 0.25) is 0 Å². The lowest BCUT2D eigenvalue weighted by molar-refractivity contribution is 0.0978. The second-order valence-electron chi connectivity index (χ2n) is 3.86. The Hall–Kier alpha value is -1.42. The molecule has 1 amide bonds. The number of nitrogens with one attached hydrogen (secondary N) is 1. The summed E-state index contributed by atoms with van der Waals surface area (Å²) in [6.45, 7) is 0. The highest BCUT2D eigenvalue weighted by molar-refractivity contribution is 9.10. The maximum absolute atomic E-state index is 12.1. The van der Waals surface area contributed by atoms with Crippen molar-refractivity contribution in [1.29, 1.82) is 0 Å². The zero-order valence-corrected chi connectivity index (χ0v) is 12.3. The Kier molecular flexibility index (Phi) is 4.20. The summed E-state index contributed by atoms with van der Waals surface area (Å²) in [4.78, 5) is 21.8. The van der Waals surface area contributed by atoms with Crippen molar-refractivity contribution in [2.24, 2.45) is 0 Å². The Labute approximate surface area is 119 Å². The molecule has 0 bridgehead atoms. The van der Waals surface area contributed by atoms with Gasteiger partial charge in [0, 0.05) is 10.0 Å². The van der Waals surface area contributed by atoms with E-state index in [2.05, 4.69) is 21.0 Å². The van der Waals surface area contributed by atoms with Gasteiger partial charge in [0.1, 0.15) is 0 Å². The van der Waals surface area contributed by atoms with Crippen LogP contribution < -0.4 is 10.4 Å². The van der Waals surface area contributed by atoms with Crippen LogP contribution in [0.4, 0.5) is 0 Å². The fourth-order valence-electron chi connectivity index (χ4n) is 1.50. The molecule has 1 unspecified atom stereocenters. The first-order valence-corrected chi connectivity index (χ1v) is 7.91. The lowest BCUT2D eigenvalue weighted by atomic mass is 10.2. The van der Waals surface area contributed by atoms with Gasteiger partial charge in [-0.1, -0.05) is 34.1 Å². The largest absolute Gasteiger partial charge is 0.326 e. The zero-order valence-electron chi connectivity index (χ0n) is 9.79. The van der Waals surface area contributed by atoms with Crippen LogP contribution in [0.25, 0.3) is 0 Å². The summed E-state index contributed by atoms with van der Waals surface area (Å²) in [5, 5.41) is 2.36. The normalized spacial score (nSPS) is 13.6. The molecule has 0 saturated heterocycles. The van der Waals surface area contributed by atoms with E-state index in [1.807, 2.05) is 0 Å². The molecule has 4 nitrogen and oxygen atoms in total. The first-order chi connectivity index (χ1) is 8.99. The van der Waals surface area contributed by atoms with E-state index in [4.69, 9.17) is 0 Å². The lowest BCUT2D eigenvalue weighted by Gasteiger charge is -2.13. The van der Waals surface area contributed by atoms with E-state index in [1.165, 1.54) is 12.1 Å². The van der Waals surface area contributed by atoms with Crippen molar-refractivity contribution < 1.29 is 14.3 Å². The van der Waals surface area contributed by atoms with E-state index >= 15 is 0 Å². The third kappa shape index (κ3) is 3.53. The summed E-state index contributed by atoms with van der Waals surface area (Å²) in [6.07, 6.45) is 0. The van der Waals surface area contributed by atoms with Crippen LogP contribution in [0.1, 0.15) is 10.4 Å². The molecule has 0 aliphatic rings. The van der Waals surface area contributed by atoms with E-state index in [-0.39, 0.29) is 5.30 Å². The molecule has 19 heavy (non-hydrogen) atoms. The Bertz CT molecular complexity index is 628. The number of halogens is 1. The van der Waals surface area contributed by atoms with Crippen LogP contribution in [0.3, 0.4) is 0 Å². The van der Waals surface area contributed by atoms with E-state index in [9.17, 15) is 14.3 Å². The van der Waals surface area contributed by atoms with Crippen molar-refractivity contribution in [3.8, 4) is 0 Å². The summed E-state index contributed by atoms with van der Waals surface area (Å²) in [7, 11) is -3.89. The first kappa shape index (κ1) is 14.0. The maximum Gasteiger partial charge on any atom is 0.323 e. The summed E-state index contributed by atoms with van der Waals surface area (Å²) in [5.41, 5.74) is 0.327. The van der Waals surface area contributed by atoms with Gasteiger partial charge in [-0.05, 0) is 36.4 Å². The number of hydrogen-bond acceptors (Lipinski definition) is 2. The van der Waals surface area contributed by atoms with Gasteiger partial charge >= 0.3 is 7.52 Å². The molecule has 2 rings (SSSR count). The average molecular weight is 340 g/mol. The molecule has 0 aliphatic heterocycles. The predicted octanol–water partition coefficient (Wildman–Crippen LogP) is 2.69. The van der Waals surface area contributed by atoms with Crippen LogP contribution >= 0.6 is 23.4 Å². The van der Waals surface area contributed by atoms with Gasteiger partial charge in [0.15, 0.2) is 0 Å². The quantitative estimate of drug-likeness (QED) is 0.845.